The molecule has 1 aliphatic heterocycles. The van der Waals surface area contributed by atoms with Crippen LogP contribution in [0.25, 0.3) is 0 Å². The summed E-state index contributed by atoms with van der Waals surface area (Å²) in [6.07, 6.45) is 1.50. The first-order valence-corrected chi connectivity index (χ1v) is 8.72. The zero-order valence-electron chi connectivity index (χ0n) is 12.3. The lowest BCUT2D eigenvalue weighted by Gasteiger charge is -2.35. The summed E-state index contributed by atoms with van der Waals surface area (Å²) >= 11 is 7.78. The lowest BCUT2D eigenvalue weighted by Crippen LogP contribution is -2.41. The highest BCUT2D eigenvalue weighted by molar-refractivity contribution is 7.99. The molecule has 0 radical (unpaired) electrons. The van der Waals surface area contributed by atoms with Crippen LogP contribution in [0.4, 0.5) is 0 Å². The van der Waals surface area contributed by atoms with Crippen molar-refractivity contribution in [2.24, 2.45) is 0 Å². The zero-order valence-corrected chi connectivity index (χ0v) is 13.8. The van der Waals surface area contributed by atoms with E-state index >= 15 is 0 Å². The van der Waals surface area contributed by atoms with Crippen LogP contribution >= 0.6 is 23.4 Å². The Hall–Kier alpha value is -2.03. The molecule has 116 valence electrons. The van der Waals surface area contributed by atoms with Gasteiger partial charge < -0.3 is 4.90 Å². The van der Waals surface area contributed by atoms with Crippen LogP contribution < -0.4 is 0 Å². The molecule has 2 heterocycles. The van der Waals surface area contributed by atoms with Crippen LogP contribution in [0.1, 0.15) is 27.7 Å². The lowest BCUT2D eigenvalue weighted by molar-refractivity contribution is 0.0695. The minimum atomic E-state index is -0.137. The number of nitrogens with zero attached hydrogens (tertiary/aromatic N) is 3. The summed E-state index contributed by atoms with van der Waals surface area (Å²) in [6.45, 7) is 0.662. The Morgan fingerprint density at radius 2 is 2.13 bits per heavy atom. The Kier molecular flexibility index (Phi) is 4.85. The van der Waals surface area contributed by atoms with Gasteiger partial charge in [-0.1, -0.05) is 23.7 Å². The Morgan fingerprint density at radius 1 is 1.35 bits per heavy atom. The van der Waals surface area contributed by atoms with Crippen molar-refractivity contribution >= 4 is 29.3 Å². The summed E-state index contributed by atoms with van der Waals surface area (Å²) < 4.78 is 0. The third-order valence-corrected chi connectivity index (χ3v) is 5.03. The van der Waals surface area contributed by atoms with E-state index in [0.29, 0.717) is 22.8 Å². The second kappa shape index (κ2) is 7.03. The van der Waals surface area contributed by atoms with Gasteiger partial charge in [-0.25, -0.2) is 0 Å². The molecule has 0 unspecified atom stereocenters. The van der Waals surface area contributed by atoms with Gasteiger partial charge in [-0.3, -0.25) is 9.78 Å². The van der Waals surface area contributed by atoms with Gasteiger partial charge in [0.15, 0.2) is 0 Å². The average molecular weight is 344 g/mol. The minimum absolute atomic E-state index is 0.00828. The van der Waals surface area contributed by atoms with Crippen LogP contribution in [-0.2, 0) is 0 Å². The molecule has 0 N–H and O–H groups in total. The van der Waals surface area contributed by atoms with Crippen molar-refractivity contribution < 1.29 is 4.79 Å². The normalized spacial score (nSPS) is 17.6. The van der Waals surface area contributed by atoms with E-state index in [4.69, 9.17) is 16.9 Å². The topological polar surface area (TPSA) is 57.0 Å². The van der Waals surface area contributed by atoms with Gasteiger partial charge in [-0.2, -0.15) is 17.0 Å². The van der Waals surface area contributed by atoms with Crippen LogP contribution in [0.3, 0.4) is 0 Å². The number of hydrogen-bond acceptors (Lipinski definition) is 4. The monoisotopic (exact) mass is 343 g/mol. The second-order valence-electron chi connectivity index (χ2n) is 5.18. The fourth-order valence-electron chi connectivity index (χ4n) is 2.57. The third kappa shape index (κ3) is 3.49. The first-order valence-electron chi connectivity index (χ1n) is 7.19. The number of halogens is 1. The van der Waals surface area contributed by atoms with E-state index in [9.17, 15) is 4.79 Å². The zero-order chi connectivity index (χ0) is 16.2. The van der Waals surface area contributed by atoms with Crippen LogP contribution in [0, 0.1) is 11.3 Å². The minimum Gasteiger partial charge on any atom is -0.329 e. The molecule has 0 aliphatic carbocycles. The molecule has 0 bridgehead atoms. The van der Waals surface area contributed by atoms with Crippen molar-refractivity contribution in [3.63, 3.8) is 0 Å². The molecular weight excluding hydrogens is 330 g/mol. The molecule has 1 amide bonds. The maximum atomic E-state index is 12.8. The summed E-state index contributed by atoms with van der Waals surface area (Å²) in [4.78, 5) is 18.8. The predicted octanol–water partition coefficient (Wildman–Crippen LogP) is 3.54. The molecule has 4 nitrogen and oxygen atoms in total. The highest BCUT2D eigenvalue weighted by Crippen LogP contribution is 2.31. The molecule has 1 aliphatic rings. The van der Waals surface area contributed by atoms with Crippen molar-refractivity contribution in [3.8, 4) is 6.07 Å². The fourth-order valence-corrected chi connectivity index (χ4v) is 3.79. The number of carbonyl (C=O) groups excluding carboxylic acids is 1. The Labute approximate surface area is 144 Å². The highest BCUT2D eigenvalue weighted by atomic mass is 35.5. The molecule has 1 aromatic heterocycles. The number of aromatic nitrogens is 1. The largest absolute Gasteiger partial charge is 0.329 e. The van der Waals surface area contributed by atoms with Crippen molar-refractivity contribution in [2.45, 2.75) is 6.04 Å². The molecule has 3 rings (SSSR count). The van der Waals surface area contributed by atoms with E-state index < -0.39 is 0 Å². The summed E-state index contributed by atoms with van der Waals surface area (Å²) in [5.74, 6) is 1.60. The predicted molar refractivity (Wildman–Crippen MR) is 91.5 cm³/mol. The molecule has 1 fully saturated rings. The number of benzene rings is 1. The molecule has 2 aromatic rings. The standard InChI is InChI=1S/C17H14ClN3OS/c18-14-3-1-13(2-4-14)16-11-23-8-7-21(16)17(22)15-9-12(10-19)5-6-20-15/h1-6,9,16H,7-8,11H2/t16-/m1/s1. The van der Waals surface area contributed by atoms with Crippen molar-refractivity contribution in [2.75, 3.05) is 18.1 Å². The summed E-state index contributed by atoms with van der Waals surface area (Å²) in [7, 11) is 0. The molecule has 1 saturated heterocycles. The van der Waals surface area contributed by atoms with Gasteiger partial charge in [0, 0.05) is 29.3 Å². The lowest BCUT2D eigenvalue weighted by atomic mass is 10.1. The van der Waals surface area contributed by atoms with Crippen molar-refractivity contribution in [1.29, 1.82) is 5.26 Å². The van der Waals surface area contributed by atoms with E-state index in [0.717, 1.165) is 17.1 Å². The van der Waals surface area contributed by atoms with E-state index in [1.807, 2.05) is 47.0 Å². The van der Waals surface area contributed by atoms with Gasteiger partial charge in [0.05, 0.1) is 17.7 Å². The van der Waals surface area contributed by atoms with Crippen LogP contribution in [0.5, 0.6) is 0 Å². The van der Waals surface area contributed by atoms with Gasteiger partial charge in [0.2, 0.25) is 0 Å². The Morgan fingerprint density at radius 3 is 2.87 bits per heavy atom. The van der Waals surface area contributed by atoms with E-state index in [1.54, 1.807) is 12.1 Å². The fraction of sp³-hybridized carbons (Fsp3) is 0.235. The highest BCUT2D eigenvalue weighted by Gasteiger charge is 2.29. The summed E-state index contributed by atoms with van der Waals surface area (Å²) in [5.41, 5.74) is 1.82. The molecule has 1 atom stereocenters. The molecular formula is C17H14ClN3OS. The number of nitriles is 1. The summed E-state index contributed by atoms with van der Waals surface area (Å²) in [5, 5.41) is 9.67. The maximum absolute atomic E-state index is 12.8. The van der Waals surface area contributed by atoms with Crippen molar-refractivity contribution in [1.82, 2.24) is 9.88 Å². The maximum Gasteiger partial charge on any atom is 0.273 e. The van der Waals surface area contributed by atoms with Crippen LogP contribution in [0.2, 0.25) is 5.02 Å². The quantitative estimate of drug-likeness (QED) is 0.837. The number of pyridine rings is 1. The summed E-state index contributed by atoms with van der Waals surface area (Å²) in [6, 6.07) is 12.8. The Bertz CT molecular complexity index is 757. The van der Waals surface area contributed by atoms with Crippen molar-refractivity contribution in [3.05, 3.63) is 64.4 Å². The van der Waals surface area contributed by atoms with E-state index in [1.165, 1.54) is 6.20 Å². The van der Waals surface area contributed by atoms with Gasteiger partial charge in [0.1, 0.15) is 5.69 Å². The van der Waals surface area contributed by atoms with Gasteiger partial charge in [-0.05, 0) is 29.8 Å². The smallest absolute Gasteiger partial charge is 0.273 e. The average Bonchev–Trinajstić information content (AvgIpc) is 2.62. The number of rotatable bonds is 2. The molecule has 1 aromatic carbocycles. The first kappa shape index (κ1) is 15.9. The number of thioether (sulfide) groups is 1. The van der Waals surface area contributed by atoms with Crippen LogP contribution in [0.15, 0.2) is 42.6 Å². The number of amides is 1. The van der Waals surface area contributed by atoms with E-state index in [-0.39, 0.29) is 11.9 Å². The molecule has 23 heavy (non-hydrogen) atoms. The van der Waals surface area contributed by atoms with Crippen LogP contribution in [-0.4, -0.2) is 33.8 Å². The van der Waals surface area contributed by atoms with Gasteiger partial charge in [-0.15, -0.1) is 0 Å². The second-order valence-corrected chi connectivity index (χ2v) is 6.77. The third-order valence-electron chi connectivity index (χ3n) is 3.75. The SMILES string of the molecule is N#Cc1ccnc(C(=O)N2CCSC[C@@H]2c2ccc(Cl)cc2)c1. The number of carbonyl (C=O) groups is 1. The molecule has 0 spiro atoms. The molecule has 6 heteroatoms. The van der Waals surface area contributed by atoms with E-state index in [2.05, 4.69) is 4.98 Å². The Balaban J connectivity index is 1.90. The van der Waals surface area contributed by atoms with Gasteiger partial charge >= 0.3 is 0 Å². The molecule has 0 saturated carbocycles. The first-order chi connectivity index (χ1) is 11.2. The number of hydrogen-bond donors (Lipinski definition) is 0. The van der Waals surface area contributed by atoms with Gasteiger partial charge in [0.25, 0.3) is 5.91 Å².